The van der Waals surface area contributed by atoms with Crippen molar-refractivity contribution in [1.29, 1.82) is 0 Å². The van der Waals surface area contributed by atoms with Crippen LogP contribution in [-0.2, 0) is 12.0 Å². The fourth-order valence-electron chi connectivity index (χ4n) is 11.4. The van der Waals surface area contributed by atoms with E-state index < -0.39 is 5.97 Å². The molecule has 619 valence electrons. The van der Waals surface area contributed by atoms with Crippen molar-refractivity contribution < 1.29 is 24.2 Å². The number of para-hydroxylation sites is 2. The van der Waals surface area contributed by atoms with E-state index in [4.69, 9.17) is 108 Å². The second-order valence-corrected chi connectivity index (χ2v) is 38.2. The minimum Gasteiger partial charge on any atom is -0.478 e. The van der Waals surface area contributed by atoms with Crippen LogP contribution in [0.3, 0.4) is 0 Å². The molecule has 0 saturated heterocycles. The average molecular weight is 2010 g/mol. The van der Waals surface area contributed by atoms with Crippen LogP contribution in [0, 0.1) is 0 Å². The van der Waals surface area contributed by atoms with Gasteiger partial charge in [-0.25, -0.2) is 4.79 Å². The SMILES string of the molecule is CC1(C)c2cccc(PP)c2Oc2c(PP)cccc21.C[C@@H](N)c1cccc(Cl)c1.C[C@@H](NC(=O)c1ccc(Cl)c(Br)c1)c1cccc(Cl)c1.C[C@@H](NC(=O)c1ccc(Cl)c(Sc2ccccc2)c1)c1cccc(Cl)c1.C[C@@H](NCc1ccc(Cl)c(Sc2ccccc2)c1)c1cccc(Cl)c1.O=C(O)c1ccc(Cl)c(Br)c1.Sc1ccccc1.[B]. The number of amides is 2. The van der Waals surface area contributed by atoms with Gasteiger partial charge in [-0.1, -0.05) is 292 Å². The Bertz CT molecular complexity index is 5490. The lowest BCUT2D eigenvalue weighted by molar-refractivity contribution is 0.0696. The minimum absolute atomic E-state index is 0. The summed E-state index contributed by atoms with van der Waals surface area (Å²) in [6.45, 7) is 13.3. The standard InChI is InChI=1S/C21H17Cl2NOS.C21H19Cl2NS.C15H12BrCl2NO.C15H18OP4.C8H10ClN.C7H4BrClO2.C6H6S.B/c1-14(15-6-5-7-17(22)12-15)24-21(25)16-10-11-19(23)20(13-16)26-18-8-3-2-4-9-18;1-15(17-6-5-7-18(22)13-17)24-14-16-10-11-20(23)21(12-16)25-19-8-3-2-4-9-19;1-9(10-3-2-4-12(17)7-10)19-15(20)11-5-6-14(18)13(16)8-11;1-15(2)9-5-3-7-11(19-17)13(9)16-14-10(15)6-4-8-12(14)20-18;1-6(10)7-3-2-4-8(9)5-7;8-5-3-4(7(10)11)1-2-6(5)9;7-6-4-2-1-3-5-6;/h2-14H,1H3,(H,24,25);2-13,15,24H,14H2,1H3;2-9H,1H3,(H,19,20);3-8,19-20H,17-18H2,1-2H3;2-6H,10H2,1H3;1-3H,(H,10,11);1-5,7H;/t14-;15-;9-;;6-;;;/m111.1.../s1. The van der Waals surface area contributed by atoms with Crippen molar-refractivity contribution >= 4 is 232 Å². The van der Waals surface area contributed by atoms with Gasteiger partial charge in [0.25, 0.3) is 11.8 Å². The molecule has 3 radical (unpaired) electrons. The predicted molar refractivity (Wildman–Crippen MR) is 535 cm³/mol. The highest BCUT2D eigenvalue weighted by molar-refractivity contribution is 9.11. The number of ether oxygens (including phenoxy) is 1. The van der Waals surface area contributed by atoms with Crippen molar-refractivity contribution in [2.75, 3.05) is 0 Å². The first-order valence-electron chi connectivity index (χ1n) is 36.8. The lowest BCUT2D eigenvalue weighted by atomic mass is 9.76. The summed E-state index contributed by atoms with van der Waals surface area (Å²) in [5.74, 6) is 0.865. The van der Waals surface area contributed by atoms with Gasteiger partial charge in [0.15, 0.2) is 0 Å². The Kier molecular flexibility index (Phi) is 43.4. The van der Waals surface area contributed by atoms with E-state index in [1.807, 2.05) is 197 Å². The Morgan fingerprint density at radius 3 is 1.19 bits per heavy atom. The van der Waals surface area contributed by atoms with Gasteiger partial charge in [0.1, 0.15) is 11.5 Å². The largest absolute Gasteiger partial charge is 0.478 e. The maximum Gasteiger partial charge on any atom is 0.335 e. The number of halogens is 10. The van der Waals surface area contributed by atoms with Crippen LogP contribution in [0.2, 0.25) is 40.2 Å². The number of carboxylic acid groups (broad SMARTS) is 1. The van der Waals surface area contributed by atoms with Gasteiger partial charge >= 0.3 is 5.97 Å². The Hall–Kier alpha value is -5.90. The van der Waals surface area contributed by atoms with Crippen LogP contribution in [0.4, 0.5) is 0 Å². The summed E-state index contributed by atoms with van der Waals surface area (Å²) in [7, 11) is 6.99. The van der Waals surface area contributed by atoms with E-state index in [9.17, 15) is 14.4 Å². The summed E-state index contributed by atoms with van der Waals surface area (Å²) in [6, 6.07) is 94.5. The molecule has 120 heavy (non-hydrogen) atoms. The third kappa shape index (κ3) is 32.3. The predicted octanol–water partition coefficient (Wildman–Crippen LogP) is 29.9. The van der Waals surface area contributed by atoms with E-state index in [2.05, 4.69) is 166 Å². The molecule has 14 rings (SSSR count). The summed E-state index contributed by atoms with van der Waals surface area (Å²) < 4.78 is 7.64. The molecule has 13 aromatic rings. The number of rotatable bonds is 18. The molecular formula is C93H86BBr2Cl8N4O5P4S3. The van der Waals surface area contributed by atoms with Crippen LogP contribution in [0.15, 0.2) is 331 Å². The van der Waals surface area contributed by atoms with Crippen LogP contribution < -0.4 is 37.0 Å². The number of hydrogen-bond acceptors (Lipinski definition) is 9. The topological polar surface area (TPSA) is 143 Å². The molecule has 9 nitrogen and oxygen atoms in total. The molecule has 8 atom stereocenters. The number of hydrogen-bond donors (Lipinski definition) is 6. The first kappa shape index (κ1) is 101. The van der Waals surface area contributed by atoms with Crippen LogP contribution in [-0.4, -0.2) is 31.3 Å². The van der Waals surface area contributed by atoms with E-state index in [-0.39, 0.29) is 55.4 Å². The molecule has 4 unspecified atom stereocenters. The van der Waals surface area contributed by atoms with E-state index in [0.717, 1.165) is 69.4 Å². The number of nitrogens with one attached hydrogen (secondary N) is 3. The van der Waals surface area contributed by atoms with Crippen LogP contribution in [0.1, 0.15) is 136 Å². The van der Waals surface area contributed by atoms with Gasteiger partial charge in [-0.3, -0.25) is 9.59 Å². The minimum atomic E-state index is -0.956. The zero-order valence-corrected chi connectivity index (χ0v) is 81.8. The molecular weight excluding hydrogens is 1930 g/mol. The third-order valence-electron chi connectivity index (χ3n) is 17.9. The quantitative estimate of drug-likeness (QED) is 0.0281. The maximum absolute atomic E-state index is 12.6. The van der Waals surface area contributed by atoms with Gasteiger partial charge < -0.3 is 31.5 Å². The van der Waals surface area contributed by atoms with Gasteiger partial charge in [0.2, 0.25) is 0 Å². The van der Waals surface area contributed by atoms with Gasteiger partial charge in [-0.15, -0.1) is 30.5 Å². The van der Waals surface area contributed by atoms with Crippen molar-refractivity contribution in [3.8, 4) is 11.5 Å². The summed E-state index contributed by atoms with van der Waals surface area (Å²) >= 11 is 61.7. The van der Waals surface area contributed by atoms with Crippen molar-refractivity contribution in [3.63, 3.8) is 0 Å². The van der Waals surface area contributed by atoms with E-state index in [1.165, 1.54) is 67.7 Å². The molecule has 6 N–H and O–H groups in total. The van der Waals surface area contributed by atoms with Crippen molar-refractivity contribution in [1.82, 2.24) is 16.0 Å². The number of carboxylic acids is 1. The first-order chi connectivity index (χ1) is 56.9. The van der Waals surface area contributed by atoms with Crippen molar-refractivity contribution in [2.45, 2.75) is 102 Å². The Balaban J connectivity index is 0.000000199. The Labute approximate surface area is 785 Å². The van der Waals surface area contributed by atoms with Crippen LogP contribution >= 0.6 is 195 Å². The Morgan fingerprint density at radius 2 is 0.808 bits per heavy atom. The smallest absolute Gasteiger partial charge is 0.335 e. The van der Waals surface area contributed by atoms with Gasteiger partial charge in [-0.05, 0) is 239 Å². The highest BCUT2D eigenvalue weighted by Gasteiger charge is 2.36. The van der Waals surface area contributed by atoms with Crippen molar-refractivity contribution in [2.24, 2.45) is 5.73 Å². The van der Waals surface area contributed by atoms with E-state index in [0.29, 0.717) is 61.7 Å². The summed E-state index contributed by atoms with van der Waals surface area (Å²) in [6.07, 6.45) is 0. The molecule has 27 heteroatoms. The number of fused-ring (bicyclic) bond motifs is 2. The summed E-state index contributed by atoms with van der Waals surface area (Å²) in [5, 5.41) is 25.9. The molecule has 0 spiro atoms. The average Bonchev–Trinajstić information content (AvgIpc) is 0.737. The monoisotopic (exact) mass is 2010 g/mol. The van der Waals surface area contributed by atoms with Gasteiger partial charge in [0.05, 0.1) is 37.7 Å². The van der Waals surface area contributed by atoms with Crippen molar-refractivity contribution in [3.05, 3.63) is 402 Å². The highest BCUT2D eigenvalue weighted by Crippen LogP contribution is 2.50. The molecule has 1 aliphatic rings. The zero-order valence-electron chi connectivity index (χ0n) is 65.7. The number of thiol groups is 1. The number of carbonyl (C=O) groups excluding carboxylic acids is 2. The first-order valence-corrected chi connectivity index (χ1v) is 49.1. The maximum atomic E-state index is 12.6. The zero-order chi connectivity index (χ0) is 86.3. The van der Waals surface area contributed by atoms with E-state index in [1.54, 1.807) is 48.2 Å². The third-order valence-corrected chi connectivity index (χ3v) is 27.8. The molecule has 1 heterocycles. The van der Waals surface area contributed by atoms with Crippen LogP contribution in [0.25, 0.3) is 0 Å². The highest BCUT2D eigenvalue weighted by atomic mass is 79.9. The number of benzene rings is 13. The fourth-order valence-corrected chi connectivity index (χ4v) is 18.0. The molecule has 1 aliphatic heterocycles. The molecule has 0 bridgehead atoms. The lowest BCUT2D eigenvalue weighted by Crippen LogP contribution is -2.28. The van der Waals surface area contributed by atoms with Gasteiger partial charge in [-0.2, -0.15) is 0 Å². The molecule has 0 aliphatic carbocycles. The molecule has 0 saturated carbocycles. The second kappa shape index (κ2) is 51.5. The number of nitrogens with two attached hydrogens (primary N) is 1. The molecule has 2 amide bonds. The summed E-state index contributed by atoms with van der Waals surface area (Å²) in [4.78, 5) is 40.4. The fraction of sp³-hybridized carbons (Fsp3) is 0.129. The number of aromatic carboxylic acids is 1. The summed E-state index contributed by atoms with van der Waals surface area (Å²) in [5.41, 5.74) is 14.9. The molecule has 0 fully saturated rings. The van der Waals surface area contributed by atoms with Crippen LogP contribution in [0.5, 0.6) is 11.5 Å². The normalized spacial score (nSPS) is 12.3. The molecule has 13 aromatic carbocycles. The van der Waals surface area contributed by atoms with Gasteiger partial charge in [0, 0.05) is 119 Å². The Morgan fingerprint density at radius 1 is 0.450 bits per heavy atom. The van der Waals surface area contributed by atoms with E-state index >= 15 is 0 Å². The molecule has 0 aromatic heterocycles. The number of carbonyl (C=O) groups is 3. The second-order valence-electron chi connectivity index (χ2n) is 27.0. The lowest BCUT2D eigenvalue weighted by Gasteiger charge is -2.36.